The highest BCUT2D eigenvalue weighted by molar-refractivity contribution is 5.95. The standard InChI is InChI=1S/C17H17F2NO2.C2H6.CH5NO/c1-11(16(18)19)15(10-21)20-17(22)14-8-6-13(7-9-14)5-4-12-2-3-12;1-2;1-2-3/h6-12,15-16H,2-3H2,1H3,(H,20,22);1-2H3;2-3H,1H3. The van der Waals surface area contributed by atoms with Gasteiger partial charge in [-0.25, -0.2) is 14.3 Å². The van der Waals surface area contributed by atoms with Gasteiger partial charge in [0.1, 0.15) is 6.29 Å². The number of benzene rings is 1. The molecule has 5 nitrogen and oxygen atoms in total. The predicted molar refractivity (Wildman–Crippen MR) is 101 cm³/mol. The second-order valence-electron chi connectivity index (χ2n) is 5.67. The summed E-state index contributed by atoms with van der Waals surface area (Å²) in [4.78, 5) is 22.8. The van der Waals surface area contributed by atoms with E-state index in [1.165, 1.54) is 14.0 Å². The number of hydroxylamine groups is 1. The van der Waals surface area contributed by atoms with Gasteiger partial charge in [-0.2, -0.15) is 0 Å². The van der Waals surface area contributed by atoms with Crippen molar-refractivity contribution in [3.05, 3.63) is 35.4 Å². The van der Waals surface area contributed by atoms with Crippen molar-refractivity contribution in [2.24, 2.45) is 11.8 Å². The summed E-state index contributed by atoms with van der Waals surface area (Å²) in [5, 5.41) is 9.64. The number of carbonyl (C=O) groups is 2. The average Bonchev–Trinajstić information content (AvgIpc) is 3.51. The van der Waals surface area contributed by atoms with E-state index in [9.17, 15) is 18.4 Å². The minimum Gasteiger partial charge on any atom is -0.342 e. The van der Waals surface area contributed by atoms with Gasteiger partial charge in [0, 0.05) is 30.0 Å². The highest BCUT2D eigenvalue weighted by Gasteiger charge is 2.26. The lowest BCUT2D eigenvalue weighted by atomic mass is 10.0. The van der Waals surface area contributed by atoms with Crippen molar-refractivity contribution in [1.29, 1.82) is 0 Å². The maximum atomic E-state index is 12.6. The number of rotatable bonds is 5. The molecule has 0 aliphatic heterocycles. The number of alkyl halides is 2. The van der Waals surface area contributed by atoms with E-state index in [4.69, 9.17) is 5.21 Å². The summed E-state index contributed by atoms with van der Waals surface area (Å²) < 4.78 is 25.2. The van der Waals surface area contributed by atoms with Crippen LogP contribution >= 0.6 is 0 Å². The molecule has 1 saturated carbocycles. The average molecular weight is 382 g/mol. The molecular weight excluding hydrogens is 354 g/mol. The maximum absolute atomic E-state index is 12.6. The van der Waals surface area contributed by atoms with Gasteiger partial charge in [-0.3, -0.25) is 4.79 Å². The van der Waals surface area contributed by atoms with Crippen LogP contribution in [0.4, 0.5) is 8.78 Å². The number of halogens is 2. The van der Waals surface area contributed by atoms with Gasteiger partial charge in [0.05, 0.1) is 6.04 Å². The third-order valence-corrected chi connectivity index (χ3v) is 3.55. The minimum absolute atomic E-state index is 0.310. The number of aldehydes is 1. The normalized spacial score (nSPS) is 14.2. The molecule has 0 radical (unpaired) electrons. The van der Waals surface area contributed by atoms with Crippen LogP contribution in [0.1, 0.15) is 49.5 Å². The van der Waals surface area contributed by atoms with Crippen LogP contribution < -0.4 is 10.8 Å². The molecule has 0 saturated heterocycles. The van der Waals surface area contributed by atoms with Crippen LogP contribution in [0.2, 0.25) is 0 Å². The van der Waals surface area contributed by atoms with E-state index in [2.05, 4.69) is 17.2 Å². The third-order valence-electron chi connectivity index (χ3n) is 3.55. The second kappa shape index (κ2) is 13.8. The zero-order valence-corrected chi connectivity index (χ0v) is 16.1. The molecule has 0 aromatic heterocycles. The highest BCUT2D eigenvalue weighted by atomic mass is 19.3. The molecular formula is C20H28F2N2O3. The Bertz CT molecular complexity index is 620. The first-order valence-electron chi connectivity index (χ1n) is 8.89. The molecule has 27 heavy (non-hydrogen) atoms. The van der Waals surface area contributed by atoms with E-state index in [0.29, 0.717) is 17.8 Å². The Morgan fingerprint density at radius 1 is 1.26 bits per heavy atom. The Labute approximate surface area is 159 Å². The molecule has 7 heteroatoms. The molecule has 1 aliphatic carbocycles. The second-order valence-corrected chi connectivity index (χ2v) is 5.67. The summed E-state index contributed by atoms with van der Waals surface area (Å²) in [6.07, 6.45) is -0.0497. The van der Waals surface area contributed by atoms with Crippen LogP contribution in [0.5, 0.6) is 0 Å². The topological polar surface area (TPSA) is 78.4 Å². The van der Waals surface area contributed by atoms with Crippen LogP contribution in [0.15, 0.2) is 24.3 Å². The zero-order chi connectivity index (χ0) is 20.8. The van der Waals surface area contributed by atoms with Crippen molar-refractivity contribution in [3.63, 3.8) is 0 Å². The summed E-state index contributed by atoms with van der Waals surface area (Å²) in [7, 11) is 1.43. The SMILES string of the molecule is CC.CC(C(F)F)C(C=O)NC(=O)c1ccc(C#CC2CC2)cc1.CNO. The van der Waals surface area contributed by atoms with Crippen LogP contribution in [0.3, 0.4) is 0 Å². The van der Waals surface area contributed by atoms with Gasteiger partial charge in [-0.1, -0.05) is 32.6 Å². The summed E-state index contributed by atoms with van der Waals surface area (Å²) in [5.74, 6) is 4.84. The fraction of sp³-hybridized carbons (Fsp3) is 0.500. The fourth-order valence-corrected chi connectivity index (χ4v) is 1.80. The molecule has 3 N–H and O–H groups in total. The molecule has 2 atom stereocenters. The first-order chi connectivity index (χ1) is 12.9. The molecule has 1 amide bonds. The predicted octanol–water partition coefficient (Wildman–Crippen LogP) is 3.27. The number of nitrogens with one attached hydrogen (secondary N) is 2. The van der Waals surface area contributed by atoms with Crippen molar-refractivity contribution in [3.8, 4) is 11.8 Å². The van der Waals surface area contributed by atoms with Crippen molar-refractivity contribution in [2.45, 2.75) is 46.1 Å². The van der Waals surface area contributed by atoms with Crippen molar-refractivity contribution in [2.75, 3.05) is 7.05 Å². The first-order valence-corrected chi connectivity index (χ1v) is 8.89. The van der Waals surface area contributed by atoms with Crippen molar-refractivity contribution in [1.82, 2.24) is 10.8 Å². The van der Waals surface area contributed by atoms with Gasteiger partial charge < -0.3 is 15.3 Å². The molecule has 0 heterocycles. The Morgan fingerprint density at radius 2 is 1.78 bits per heavy atom. The van der Waals surface area contributed by atoms with E-state index in [0.717, 1.165) is 18.4 Å². The largest absolute Gasteiger partial charge is 0.342 e. The summed E-state index contributed by atoms with van der Waals surface area (Å²) >= 11 is 0. The van der Waals surface area contributed by atoms with Gasteiger partial charge in [0.2, 0.25) is 6.43 Å². The Balaban J connectivity index is 0.00000123. The number of carbonyl (C=O) groups excluding carboxylic acids is 2. The van der Waals surface area contributed by atoms with Crippen LogP contribution in [-0.2, 0) is 4.79 Å². The third kappa shape index (κ3) is 9.83. The number of hydrogen-bond acceptors (Lipinski definition) is 4. The summed E-state index contributed by atoms with van der Waals surface area (Å²) in [6.45, 7) is 5.22. The van der Waals surface area contributed by atoms with E-state index >= 15 is 0 Å². The van der Waals surface area contributed by atoms with E-state index < -0.39 is 24.3 Å². The summed E-state index contributed by atoms with van der Waals surface area (Å²) in [6, 6.07) is 5.34. The van der Waals surface area contributed by atoms with Gasteiger partial charge in [0.15, 0.2) is 0 Å². The lowest BCUT2D eigenvalue weighted by Crippen LogP contribution is -2.42. The molecule has 2 unspecified atom stereocenters. The smallest absolute Gasteiger partial charge is 0.251 e. The Kier molecular flexibility index (Phi) is 12.7. The molecule has 2 rings (SSSR count). The molecule has 1 aromatic carbocycles. The lowest BCUT2D eigenvalue weighted by Gasteiger charge is -2.19. The van der Waals surface area contributed by atoms with Gasteiger partial charge in [-0.15, -0.1) is 0 Å². The Morgan fingerprint density at radius 3 is 2.19 bits per heavy atom. The zero-order valence-electron chi connectivity index (χ0n) is 16.1. The number of hydrogen-bond donors (Lipinski definition) is 3. The van der Waals surface area contributed by atoms with Crippen LogP contribution in [-0.4, -0.2) is 36.9 Å². The fourth-order valence-electron chi connectivity index (χ4n) is 1.80. The van der Waals surface area contributed by atoms with Gasteiger partial charge in [-0.05, 0) is 37.1 Å². The molecule has 1 aliphatic rings. The highest BCUT2D eigenvalue weighted by Crippen LogP contribution is 2.27. The van der Waals surface area contributed by atoms with Crippen LogP contribution in [0, 0.1) is 23.7 Å². The summed E-state index contributed by atoms with van der Waals surface area (Å²) in [5.41, 5.74) is 2.86. The van der Waals surface area contributed by atoms with Crippen LogP contribution in [0.25, 0.3) is 0 Å². The van der Waals surface area contributed by atoms with Crippen molar-refractivity contribution >= 4 is 12.2 Å². The Hall–Kier alpha value is -2.30. The number of amides is 1. The maximum Gasteiger partial charge on any atom is 0.251 e. The van der Waals surface area contributed by atoms with Gasteiger partial charge in [0.25, 0.3) is 5.91 Å². The molecule has 1 aromatic rings. The quantitative estimate of drug-likeness (QED) is 0.415. The van der Waals surface area contributed by atoms with E-state index in [1.54, 1.807) is 29.7 Å². The monoisotopic (exact) mass is 382 g/mol. The van der Waals surface area contributed by atoms with Gasteiger partial charge >= 0.3 is 0 Å². The first kappa shape index (κ1) is 24.7. The lowest BCUT2D eigenvalue weighted by molar-refractivity contribution is -0.111. The van der Waals surface area contributed by atoms with E-state index in [-0.39, 0.29) is 0 Å². The minimum atomic E-state index is -2.67. The molecule has 0 spiro atoms. The molecule has 0 bridgehead atoms. The van der Waals surface area contributed by atoms with E-state index in [1.807, 2.05) is 13.8 Å². The molecule has 150 valence electrons. The van der Waals surface area contributed by atoms with Crippen molar-refractivity contribution < 1.29 is 23.6 Å². The molecule has 1 fully saturated rings.